The topological polar surface area (TPSA) is 272 Å². The Morgan fingerprint density at radius 3 is 1.51 bits per heavy atom. The van der Waals surface area contributed by atoms with E-state index in [4.69, 9.17) is 23.5 Å². The zero-order valence-electron chi connectivity index (χ0n) is 39.0. The van der Waals surface area contributed by atoms with Gasteiger partial charge in [-0.05, 0) is 65.9 Å². The predicted octanol–water partition coefficient (Wildman–Crippen LogP) is 8.89. The number of carbonyl (C=O) groups excluding carboxylic acids is 3. The van der Waals surface area contributed by atoms with Crippen LogP contribution in [0, 0.1) is 0 Å². The summed E-state index contributed by atoms with van der Waals surface area (Å²) >= 11 is 0. The van der Waals surface area contributed by atoms with E-state index in [-0.39, 0.29) is 60.5 Å². The lowest BCUT2D eigenvalue weighted by Gasteiger charge is -2.18. The molecule has 2 fully saturated rings. The highest BCUT2D eigenvalue weighted by atomic mass is 31.1. The number of fused-ring (bicyclic) bond motifs is 2. The van der Waals surface area contributed by atoms with Crippen LogP contribution in [0.1, 0.15) is 74.7 Å². The number of alkyl halides is 2. The third-order valence-electron chi connectivity index (χ3n) is 11.1. The first kappa shape index (κ1) is 56.0. The lowest BCUT2D eigenvalue weighted by Crippen LogP contribution is -2.34. The Hall–Kier alpha value is -8.31. The smallest absolute Gasteiger partial charge is 0.425 e. The first-order valence-electron chi connectivity index (χ1n) is 22.6. The monoisotopic (exact) mass is 1050 g/mol. The molecule has 25 heteroatoms. The average molecular weight is 1050 g/mol. The van der Waals surface area contributed by atoms with Crippen molar-refractivity contribution in [2.45, 2.75) is 90.8 Å². The molecule has 0 bridgehead atoms. The third kappa shape index (κ3) is 13.3. The Labute approximate surface area is 429 Å². The maximum Gasteiger partial charge on any atom is 0.552 e. The number of aromatic nitrogens is 10. The summed E-state index contributed by atoms with van der Waals surface area (Å²) in [6, 6.07) is 34.6. The standard InChI is InChI=1S/C24H21FN6O5.C17H17FN6O3.C7H8O2P.2CH4/c1-2-16-19(36-24(33)34-15-11-7-4-8-12-15)17(25)23(35-16)31-21-18(29-30-31)20(26-13-27-21)28-22(32)14-9-5-3-6-10-14;1-2-10-13(25)11(18)17(27-10)24-15-12(22-23-24)14(19-8-20-15)21-16(26)9-6-4-3-5-7-9;1-10(8)9-7-5-3-2-4-6-7;;/h3-13,16-17,19,23H,2H2,1H3,(H,26,27,28,32);3-8,10-11,13,17,25H,2H2,1H3,(H,19,20,21,26);2-6H,1H3;2*1H4/q;;+1;;/t16-,17+,19-,23-;10-,11+,13-,17-;;;/m11.../s1. The number of halogens is 2. The van der Waals surface area contributed by atoms with Gasteiger partial charge in [0.1, 0.15) is 30.6 Å². The highest BCUT2D eigenvalue weighted by molar-refractivity contribution is 7.38. The molecule has 9 atom stereocenters. The van der Waals surface area contributed by atoms with E-state index in [1.54, 1.807) is 117 Å². The molecule has 1 unspecified atom stereocenters. The number of aliphatic hydroxyl groups is 1. The number of benzene rings is 4. The number of hydrogen-bond donors (Lipinski definition) is 3. The summed E-state index contributed by atoms with van der Waals surface area (Å²) in [6.45, 7) is 5.10. The number of carbonyl (C=O) groups is 3. The van der Waals surface area contributed by atoms with Crippen molar-refractivity contribution in [3.05, 3.63) is 145 Å². The van der Waals surface area contributed by atoms with Crippen LogP contribution in [0.3, 0.4) is 0 Å². The second-order valence-electron chi connectivity index (χ2n) is 15.9. The Balaban J connectivity index is 0.000000206. The molecule has 0 aliphatic carbocycles. The fourth-order valence-corrected chi connectivity index (χ4v) is 7.96. The Morgan fingerprint density at radius 2 is 1.07 bits per heavy atom. The lowest BCUT2D eigenvalue weighted by molar-refractivity contribution is -0.0346. The number of nitrogens with zero attached hydrogens (tertiary/aromatic N) is 10. The van der Waals surface area contributed by atoms with Crippen molar-refractivity contribution in [3.8, 4) is 11.5 Å². The third-order valence-corrected chi connectivity index (χ3v) is 11.5. The number of hydrogen-bond acceptors (Lipinski definition) is 18. The maximum atomic E-state index is 15.6. The van der Waals surface area contributed by atoms with Crippen molar-refractivity contribution in [1.29, 1.82) is 0 Å². The summed E-state index contributed by atoms with van der Waals surface area (Å²) in [5.74, 6) is 0.423. The molecule has 8 aromatic rings. The van der Waals surface area contributed by atoms with Gasteiger partial charge in [0.15, 0.2) is 77.3 Å². The molecule has 392 valence electrons. The number of anilines is 2. The molecule has 0 saturated carbocycles. The van der Waals surface area contributed by atoms with E-state index in [1.807, 2.05) is 18.2 Å². The first-order chi connectivity index (χ1) is 35.4. The molecule has 2 aliphatic heterocycles. The minimum Gasteiger partial charge on any atom is -0.425 e. The number of aliphatic hydroxyl groups excluding tert-OH is 1. The van der Waals surface area contributed by atoms with E-state index in [1.165, 1.54) is 24.0 Å². The van der Waals surface area contributed by atoms with Gasteiger partial charge in [0.25, 0.3) is 11.8 Å². The summed E-state index contributed by atoms with van der Waals surface area (Å²) in [5.41, 5.74) is 1.57. The molecule has 10 rings (SSSR count). The van der Waals surface area contributed by atoms with Crippen LogP contribution in [0.25, 0.3) is 22.3 Å². The first-order valence-corrected chi connectivity index (χ1v) is 24.3. The molecule has 75 heavy (non-hydrogen) atoms. The Morgan fingerprint density at radius 1 is 0.640 bits per heavy atom. The number of nitrogens with one attached hydrogen (secondary N) is 2. The number of para-hydroxylation sites is 2. The molecule has 2 saturated heterocycles. The van der Waals surface area contributed by atoms with E-state index < -0.39 is 69.3 Å². The summed E-state index contributed by atoms with van der Waals surface area (Å²) in [7, 11) is -1.53. The van der Waals surface area contributed by atoms with Crippen LogP contribution < -0.4 is 19.9 Å². The van der Waals surface area contributed by atoms with Crippen LogP contribution in [-0.4, -0.2) is 116 Å². The SMILES string of the molecule is C.C.CC[C@H]1O[C@@H](n2nnc3c(NC(=O)c4ccccc4)ncnc32)[C@@H](F)[C@@H]1O.CC[C@H]1O[C@@H](n2nnc3c(NC(=O)c4ccccc4)ncnc32)[C@@H](F)[C@@H]1OC(=O)Oc1ccccc1.C[P+](=O)Oc1ccccc1. The fourth-order valence-electron chi connectivity index (χ4n) is 7.54. The minimum atomic E-state index is -1.79. The van der Waals surface area contributed by atoms with Crippen molar-refractivity contribution in [2.75, 3.05) is 17.3 Å². The van der Waals surface area contributed by atoms with Gasteiger partial charge in [-0.15, -0.1) is 10.2 Å². The highest BCUT2D eigenvalue weighted by Gasteiger charge is 2.50. The number of ether oxygens (including phenoxy) is 4. The Bertz CT molecular complexity index is 3150. The van der Waals surface area contributed by atoms with Gasteiger partial charge in [0.05, 0.1) is 6.10 Å². The van der Waals surface area contributed by atoms with Crippen molar-refractivity contribution in [3.63, 3.8) is 0 Å². The quantitative estimate of drug-likeness (QED) is 0.0585. The molecule has 4 aromatic heterocycles. The average Bonchev–Trinajstić information content (AvgIpc) is 4.20. The molecular weight excluding hydrogens is 998 g/mol. The predicted molar refractivity (Wildman–Crippen MR) is 271 cm³/mol. The highest BCUT2D eigenvalue weighted by Crippen LogP contribution is 2.37. The van der Waals surface area contributed by atoms with E-state index in [0.717, 1.165) is 4.68 Å². The van der Waals surface area contributed by atoms with Crippen molar-refractivity contribution >= 4 is 60.0 Å². The maximum absolute atomic E-state index is 15.6. The van der Waals surface area contributed by atoms with Gasteiger partial charge in [0, 0.05) is 11.1 Å². The zero-order chi connectivity index (χ0) is 51.4. The van der Waals surface area contributed by atoms with Crippen LogP contribution in [0.4, 0.5) is 25.2 Å². The van der Waals surface area contributed by atoms with Crippen LogP contribution in [0.15, 0.2) is 134 Å². The summed E-state index contributed by atoms with van der Waals surface area (Å²) in [5, 5.41) is 31.2. The van der Waals surface area contributed by atoms with Gasteiger partial charge in [-0.3, -0.25) is 14.1 Å². The summed E-state index contributed by atoms with van der Waals surface area (Å²) < 4.78 is 69.6. The summed E-state index contributed by atoms with van der Waals surface area (Å²) in [6.07, 6.45) is -7.58. The lowest BCUT2D eigenvalue weighted by atomic mass is 10.1. The van der Waals surface area contributed by atoms with Gasteiger partial charge >= 0.3 is 14.2 Å². The summed E-state index contributed by atoms with van der Waals surface area (Å²) in [4.78, 5) is 53.5. The molecule has 0 radical (unpaired) electrons. The molecule has 0 spiro atoms. The van der Waals surface area contributed by atoms with Gasteiger partial charge in [-0.2, -0.15) is 9.36 Å². The molecule has 3 N–H and O–H groups in total. The molecule has 2 aliphatic rings. The molecule has 6 heterocycles. The van der Waals surface area contributed by atoms with Crippen LogP contribution >= 0.6 is 8.03 Å². The van der Waals surface area contributed by atoms with Crippen molar-refractivity contribution in [2.24, 2.45) is 0 Å². The molecule has 22 nitrogen and oxygen atoms in total. The van der Waals surface area contributed by atoms with E-state index in [9.17, 15) is 28.4 Å². The van der Waals surface area contributed by atoms with Crippen molar-refractivity contribution in [1.82, 2.24) is 49.9 Å². The second-order valence-corrected chi connectivity index (χ2v) is 17.0. The van der Waals surface area contributed by atoms with Crippen molar-refractivity contribution < 1.29 is 56.3 Å². The number of rotatable bonds is 12. The van der Waals surface area contributed by atoms with Crippen LogP contribution in [0.5, 0.6) is 11.5 Å². The van der Waals surface area contributed by atoms with Gasteiger partial charge in [-0.1, -0.05) is 112 Å². The van der Waals surface area contributed by atoms with Crippen LogP contribution in [-0.2, 0) is 18.8 Å². The number of amides is 2. The van der Waals surface area contributed by atoms with Crippen LogP contribution in [0.2, 0.25) is 0 Å². The van der Waals surface area contributed by atoms with E-state index >= 15 is 4.39 Å². The van der Waals surface area contributed by atoms with Gasteiger partial charge < -0.3 is 34.7 Å². The van der Waals surface area contributed by atoms with E-state index in [0.29, 0.717) is 29.7 Å². The molecular formula is C50H54F2N12O10P+. The normalized spacial score (nSPS) is 20.6. The van der Waals surface area contributed by atoms with Gasteiger partial charge in [0.2, 0.25) is 0 Å². The molecule has 2 amide bonds. The molecule has 4 aromatic carbocycles. The minimum absolute atomic E-state index is 0. The largest absolute Gasteiger partial charge is 0.552 e. The zero-order valence-corrected chi connectivity index (χ0v) is 39.9. The van der Waals surface area contributed by atoms with E-state index in [2.05, 4.69) is 51.2 Å². The van der Waals surface area contributed by atoms with Gasteiger partial charge in [-0.25, -0.2) is 33.5 Å². The fraction of sp³-hybridized carbons (Fsp3) is 0.300. The Kier molecular flexibility index (Phi) is 19.5. The second kappa shape index (κ2) is 26.1.